The molecule has 128 valence electrons. The van der Waals surface area contributed by atoms with Crippen LogP contribution in [0, 0.1) is 18.3 Å². The van der Waals surface area contributed by atoms with Crippen LogP contribution in [0.15, 0.2) is 24.3 Å². The number of nitriles is 1. The van der Waals surface area contributed by atoms with E-state index in [2.05, 4.69) is 16.5 Å². The molecule has 7 heteroatoms. The van der Waals surface area contributed by atoms with Crippen molar-refractivity contribution in [2.24, 2.45) is 0 Å². The Morgan fingerprint density at radius 1 is 1.44 bits per heavy atom. The maximum atomic E-state index is 12.2. The molecule has 0 aliphatic carbocycles. The first-order valence-corrected chi connectivity index (χ1v) is 8.06. The number of anilines is 1. The summed E-state index contributed by atoms with van der Waals surface area (Å²) >= 11 is 0. The normalized spacial score (nSPS) is 15.9. The van der Waals surface area contributed by atoms with Crippen molar-refractivity contribution < 1.29 is 14.3 Å². The fourth-order valence-corrected chi connectivity index (χ4v) is 3.13. The quantitative estimate of drug-likeness (QED) is 0.861. The molecule has 0 saturated heterocycles. The highest BCUT2D eigenvalue weighted by molar-refractivity contribution is 5.95. The minimum atomic E-state index is -0.400. The predicted molar refractivity (Wildman–Crippen MR) is 89.8 cm³/mol. The second kappa shape index (κ2) is 6.77. The largest absolute Gasteiger partial charge is 0.465 e. The number of carbonyl (C=O) groups is 2. The van der Waals surface area contributed by atoms with Crippen LogP contribution >= 0.6 is 0 Å². The lowest BCUT2D eigenvalue weighted by Crippen LogP contribution is -2.26. The van der Waals surface area contributed by atoms with Crippen LogP contribution in [0.5, 0.6) is 0 Å². The number of aromatic nitrogens is 2. The summed E-state index contributed by atoms with van der Waals surface area (Å²) in [5.74, 6) is -0.155. The van der Waals surface area contributed by atoms with Crippen molar-refractivity contribution in [1.29, 1.82) is 5.26 Å². The van der Waals surface area contributed by atoms with Crippen molar-refractivity contribution in [3.63, 3.8) is 0 Å². The van der Waals surface area contributed by atoms with Gasteiger partial charge in [-0.15, -0.1) is 0 Å². The zero-order chi connectivity index (χ0) is 18.0. The summed E-state index contributed by atoms with van der Waals surface area (Å²) in [7, 11) is 0. The highest BCUT2D eigenvalue weighted by Crippen LogP contribution is 2.39. The Balaban J connectivity index is 2.00. The summed E-state index contributed by atoms with van der Waals surface area (Å²) in [6, 6.07) is 9.27. The fraction of sp³-hybridized carbons (Fsp3) is 0.333. The second-order valence-corrected chi connectivity index (χ2v) is 5.85. The van der Waals surface area contributed by atoms with Crippen molar-refractivity contribution in [1.82, 2.24) is 9.78 Å². The number of benzene rings is 1. The first-order valence-electron chi connectivity index (χ1n) is 8.06. The molecule has 2 heterocycles. The number of carbonyl (C=O) groups excluding carboxylic acids is 2. The standard InChI is InChI=1S/C18H18N4O3/c1-3-25-16(24)10-22-18-17(11(2)21-22)14(8-15(23)20-18)13-6-4-12(9-19)5-7-13/h4-7,14H,3,8,10H2,1-2H3,(H,20,23)/t14-/m0/s1. The van der Waals surface area contributed by atoms with Gasteiger partial charge in [0.25, 0.3) is 0 Å². The Hall–Kier alpha value is -3.14. The monoisotopic (exact) mass is 338 g/mol. The van der Waals surface area contributed by atoms with E-state index in [1.54, 1.807) is 19.1 Å². The van der Waals surface area contributed by atoms with Gasteiger partial charge in [0.2, 0.25) is 5.91 Å². The number of amides is 1. The van der Waals surface area contributed by atoms with Crippen LogP contribution in [-0.2, 0) is 20.9 Å². The Morgan fingerprint density at radius 2 is 2.16 bits per heavy atom. The molecule has 0 fully saturated rings. The molecular weight excluding hydrogens is 320 g/mol. The lowest BCUT2D eigenvalue weighted by Gasteiger charge is -2.24. The molecule has 1 amide bonds. The van der Waals surface area contributed by atoms with Gasteiger partial charge in [-0.25, -0.2) is 4.68 Å². The maximum absolute atomic E-state index is 12.2. The number of esters is 1. The van der Waals surface area contributed by atoms with Gasteiger partial charge < -0.3 is 10.1 Å². The molecule has 0 radical (unpaired) electrons. The van der Waals surface area contributed by atoms with Crippen LogP contribution in [0.4, 0.5) is 5.82 Å². The van der Waals surface area contributed by atoms with Crippen molar-refractivity contribution >= 4 is 17.7 Å². The van der Waals surface area contributed by atoms with E-state index in [4.69, 9.17) is 10.00 Å². The Bertz CT molecular complexity index is 862. The van der Waals surface area contributed by atoms with Gasteiger partial charge in [-0.2, -0.15) is 10.4 Å². The summed E-state index contributed by atoms with van der Waals surface area (Å²) in [5.41, 5.74) is 3.16. The molecule has 1 aliphatic heterocycles. The first-order chi connectivity index (χ1) is 12.0. The van der Waals surface area contributed by atoms with Crippen molar-refractivity contribution in [3.05, 3.63) is 46.6 Å². The third-order valence-corrected chi connectivity index (χ3v) is 4.20. The highest BCUT2D eigenvalue weighted by Gasteiger charge is 2.32. The lowest BCUT2D eigenvalue weighted by molar-refractivity contribution is -0.144. The van der Waals surface area contributed by atoms with Crippen LogP contribution < -0.4 is 5.32 Å². The average Bonchev–Trinajstić information content (AvgIpc) is 2.90. The average molecular weight is 338 g/mol. The molecule has 0 unspecified atom stereocenters. The number of hydrogen-bond acceptors (Lipinski definition) is 5. The smallest absolute Gasteiger partial charge is 0.327 e. The predicted octanol–water partition coefficient (Wildman–Crippen LogP) is 2.10. The van der Waals surface area contributed by atoms with E-state index in [-0.39, 0.29) is 18.4 Å². The molecular formula is C18H18N4O3. The van der Waals surface area contributed by atoms with E-state index in [9.17, 15) is 9.59 Å². The summed E-state index contributed by atoms with van der Waals surface area (Å²) in [6.07, 6.45) is 0.296. The van der Waals surface area contributed by atoms with Crippen molar-refractivity contribution in [2.45, 2.75) is 32.7 Å². The number of aryl methyl sites for hydroxylation is 1. The van der Waals surface area contributed by atoms with E-state index in [1.165, 1.54) is 4.68 Å². The van der Waals surface area contributed by atoms with Crippen LogP contribution in [0.1, 0.15) is 41.6 Å². The molecule has 1 aliphatic rings. The summed E-state index contributed by atoms with van der Waals surface area (Å²) in [4.78, 5) is 24.0. The van der Waals surface area contributed by atoms with Crippen LogP contribution in [0.2, 0.25) is 0 Å². The third-order valence-electron chi connectivity index (χ3n) is 4.20. The lowest BCUT2D eigenvalue weighted by atomic mass is 9.85. The molecule has 1 N–H and O–H groups in total. The van der Waals surface area contributed by atoms with Gasteiger partial charge in [-0.3, -0.25) is 9.59 Å². The number of fused-ring (bicyclic) bond motifs is 1. The zero-order valence-corrected chi connectivity index (χ0v) is 14.1. The van der Waals surface area contributed by atoms with Gasteiger partial charge >= 0.3 is 5.97 Å². The fourth-order valence-electron chi connectivity index (χ4n) is 3.13. The van der Waals surface area contributed by atoms with Gasteiger partial charge in [0.15, 0.2) is 0 Å². The molecule has 0 saturated carbocycles. The van der Waals surface area contributed by atoms with Gasteiger partial charge in [-0.1, -0.05) is 12.1 Å². The zero-order valence-electron chi connectivity index (χ0n) is 14.1. The molecule has 0 spiro atoms. The van der Waals surface area contributed by atoms with E-state index in [0.717, 1.165) is 16.8 Å². The Morgan fingerprint density at radius 3 is 2.80 bits per heavy atom. The van der Waals surface area contributed by atoms with Gasteiger partial charge in [0, 0.05) is 17.9 Å². The number of rotatable bonds is 4. The molecule has 0 bridgehead atoms. The number of nitrogens with zero attached hydrogens (tertiary/aromatic N) is 3. The minimum absolute atomic E-state index is 0.0512. The van der Waals surface area contributed by atoms with E-state index in [0.29, 0.717) is 24.4 Å². The van der Waals surface area contributed by atoms with Crippen LogP contribution in [-0.4, -0.2) is 28.3 Å². The van der Waals surface area contributed by atoms with Gasteiger partial charge in [0.05, 0.1) is 23.9 Å². The summed E-state index contributed by atoms with van der Waals surface area (Å²) in [6.45, 7) is 3.84. The second-order valence-electron chi connectivity index (χ2n) is 5.85. The van der Waals surface area contributed by atoms with Crippen molar-refractivity contribution in [2.75, 3.05) is 11.9 Å². The SMILES string of the molecule is CCOC(=O)Cn1nc(C)c2c1NC(=O)C[C@H]2c1ccc(C#N)cc1. The summed E-state index contributed by atoms with van der Waals surface area (Å²) in [5, 5.41) is 16.2. The number of hydrogen-bond donors (Lipinski definition) is 1. The van der Waals surface area contributed by atoms with E-state index in [1.807, 2.05) is 19.1 Å². The molecule has 25 heavy (non-hydrogen) atoms. The van der Waals surface area contributed by atoms with E-state index < -0.39 is 5.97 Å². The van der Waals surface area contributed by atoms with Crippen molar-refractivity contribution in [3.8, 4) is 6.07 Å². The number of ether oxygens (including phenoxy) is 1. The maximum Gasteiger partial charge on any atom is 0.327 e. The van der Waals surface area contributed by atoms with Crippen LogP contribution in [0.3, 0.4) is 0 Å². The highest BCUT2D eigenvalue weighted by atomic mass is 16.5. The van der Waals surface area contributed by atoms with Crippen LogP contribution in [0.25, 0.3) is 0 Å². The molecule has 1 atom stereocenters. The number of nitrogens with one attached hydrogen (secondary N) is 1. The minimum Gasteiger partial charge on any atom is -0.465 e. The third kappa shape index (κ3) is 3.24. The topological polar surface area (TPSA) is 97.0 Å². The molecule has 7 nitrogen and oxygen atoms in total. The molecule has 1 aromatic heterocycles. The van der Waals surface area contributed by atoms with Gasteiger partial charge in [-0.05, 0) is 31.5 Å². The molecule has 2 aromatic rings. The molecule has 1 aromatic carbocycles. The molecule has 3 rings (SSSR count). The van der Waals surface area contributed by atoms with E-state index >= 15 is 0 Å². The summed E-state index contributed by atoms with van der Waals surface area (Å²) < 4.78 is 6.45. The Labute approximate surface area is 145 Å². The van der Waals surface area contributed by atoms with Gasteiger partial charge in [0.1, 0.15) is 12.4 Å². The Kier molecular flexibility index (Phi) is 4.52. The first kappa shape index (κ1) is 16.7.